The topological polar surface area (TPSA) is 24.9 Å². The molecule has 16 heavy (non-hydrogen) atoms. The first kappa shape index (κ1) is 11.6. The third kappa shape index (κ3) is 2.61. The molecule has 0 radical (unpaired) electrons. The van der Waals surface area contributed by atoms with Crippen LogP contribution in [0.15, 0.2) is 36.0 Å². The summed E-state index contributed by atoms with van der Waals surface area (Å²) in [6, 6.07) is 8.24. The Morgan fingerprint density at radius 1 is 1.44 bits per heavy atom. The molecule has 1 aromatic carbocycles. The summed E-state index contributed by atoms with van der Waals surface area (Å²) >= 11 is 7.81. The van der Waals surface area contributed by atoms with Crippen molar-refractivity contribution in [1.82, 2.24) is 10.3 Å². The highest BCUT2D eigenvalue weighted by atomic mass is 35.5. The fourth-order valence-corrected chi connectivity index (χ4v) is 2.57. The fraction of sp³-hybridized carbons (Fsp3) is 0.250. The van der Waals surface area contributed by atoms with E-state index in [9.17, 15) is 0 Å². The van der Waals surface area contributed by atoms with E-state index in [0.29, 0.717) is 0 Å². The first-order chi connectivity index (χ1) is 7.81. The lowest BCUT2D eigenvalue weighted by atomic mass is 10.1. The van der Waals surface area contributed by atoms with Crippen LogP contribution in [0, 0.1) is 0 Å². The summed E-state index contributed by atoms with van der Waals surface area (Å²) in [5, 5.41) is 4.12. The minimum absolute atomic E-state index is 0.285. The van der Waals surface area contributed by atoms with Crippen LogP contribution in [-0.4, -0.2) is 12.0 Å². The number of halogens is 1. The van der Waals surface area contributed by atoms with Gasteiger partial charge >= 0.3 is 0 Å². The van der Waals surface area contributed by atoms with Crippen LogP contribution in [0.25, 0.3) is 0 Å². The van der Waals surface area contributed by atoms with E-state index in [4.69, 9.17) is 11.6 Å². The monoisotopic (exact) mass is 252 g/mol. The van der Waals surface area contributed by atoms with Crippen molar-refractivity contribution < 1.29 is 0 Å². The molecule has 0 fully saturated rings. The molecule has 4 heteroatoms. The molecule has 2 rings (SSSR count). The van der Waals surface area contributed by atoms with E-state index in [1.807, 2.05) is 37.0 Å². The number of hydrogen-bond acceptors (Lipinski definition) is 3. The number of hydrogen-bond donors (Lipinski definition) is 1. The van der Waals surface area contributed by atoms with E-state index in [-0.39, 0.29) is 6.04 Å². The Balaban J connectivity index is 2.17. The zero-order valence-electron chi connectivity index (χ0n) is 8.98. The van der Waals surface area contributed by atoms with Crippen molar-refractivity contribution in [2.24, 2.45) is 0 Å². The normalized spacial score (nSPS) is 12.6. The largest absolute Gasteiger partial charge is 0.312 e. The lowest BCUT2D eigenvalue weighted by molar-refractivity contribution is 0.601. The van der Waals surface area contributed by atoms with Gasteiger partial charge in [0, 0.05) is 22.1 Å². The summed E-state index contributed by atoms with van der Waals surface area (Å²) in [5.41, 5.74) is 3.02. The smallest absolute Gasteiger partial charge is 0.0794 e. The molecule has 1 atom stereocenters. The summed E-state index contributed by atoms with van der Waals surface area (Å²) < 4.78 is 0. The highest BCUT2D eigenvalue weighted by Crippen LogP contribution is 2.24. The maximum atomic E-state index is 6.15. The molecule has 1 unspecified atom stereocenters. The molecule has 0 aliphatic rings. The van der Waals surface area contributed by atoms with Crippen molar-refractivity contribution in [3.63, 3.8) is 0 Å². The molecular formula is C12H13ClN2S. The van der Waals surface area contributed by atoms with Gasteiger partial charge in [0.05, 0.1) is 5.51 Å². The van der Waals surface area contributed by atoms with Crippen molar-refractivity contribution in [2.75, 3.05) is 7.05 Å². The van der Waals surface area contributed by atoms with Crippen molar-refractivity contribution in [2.45, 2.75) is 12.5 Å². The molecular weight excluding hydrogens is 240 g/mol. The molecule has 1 heterocycles. The van der Waals surface area contributed by atoms with E-state index in [0.717, 1.165) is 17.0 Å². The SMILES string of the molecule is CNC(Cc1ccccc1Cl)c1cncs1. The second kappa shape index (κ2) is 5.43. The lowest BCUT2D eigenvalue weighted by Gasteiger charge is -2.14. The Morgan fingerprint density at radius 2 is 2.25 bits per heavy atom. The second-order valence-corrected chi connectivity index (χ2v) is 4.87. The van der Waals surface area contributed by atoms with Gasteiger partial charge in [0.1, 0.15) is 0 Å². The third-order valence-corrected chi connectivity index (χ3v) is 3.78. The van der Waals surface area contributed by atoms with Crippen molar-refractivity contribution in [3.05, 3.63) is 51.4 Å². The van der Waals surface area contributed by atoms with Gasteiger partial charge in [-0.3, -0.25) is 4.98 Å². The molecule has 0 saturated heterocycles. The molecule has 0 amide bonds. The molecule has 0 spiro atoms. The van der Waals surface area contributed by atoms with E-state index in [1.165, 1.54) is 4.88 Å². The molecule has 84 valence electrons. The minimum Gasteiger partial charge on any atom is -0.312 e. The van der Waals surface area contributed by atoms with Crippen LogP contribution in [0.2, 0.25) is 5.02 Å². The van der Waals surface area contributed by atoms with Gasteiger partial charge in [-0.1, -0.05) is 29.8 Å². The summed E-state index contributed by atoms with van der Waals surface area (Å²) in [7, 11) is 1.96. The molecule has 0 saturated carbocycles. The summed E-state index contributed by atoms with van der Waals surface area (Å²) in [6.45, 7) is 0. The Hall–Kier alpha value is -0.900. The summed E-state index contributed by atoms with van der Waals surface area (Å²) in [4.78, 5) is 5.34. The molecule has 2 aromatic rings. The van der Waals surface area contributed by atoms with Gasteiger partial charge in [-0.15, -0.1) is 11.3 Å². The molecule has 1 aromatic heterocycles. The number of aromatic nitrogens is 1. The lowest BCUT2D eigenvalue weighted by Crippen LogP contribution is -2.17. The summed E-state index contributed by atoms with van der Waals surface area (Å²) in [5.74, 6) is 0. The zero-order chi connectivity index (χ0) is 11.4. The van der Waals surface area contributed by atoms with E-state index < -0.39 is 0 Å². The van der Waals surface area contributed by atoms with Crippen molar-refractivity contribution in [3.8, 4) is 0 Å². The minimum atomic E-state index is 0.285. The Kier molecular flexibility index (Phi) is 3.93. The Labute approximate surface area is 104 Å². The highest BCUT2D eigenvalue weighted by Gasteiger charge is 2.12. The number of nitrogens with one attached hydrogen (secondary N) is 1. The number of likely N-dealkylation sites (N-methyl/N-ethyl adjacent to an activating group) is 1. The predicted molar refractivity (Wildman–Crippen MR) is 69.1 cm³/mol. The molecule has 2 nitrogen and oxygen atoms in total. The van der Waals surface area contributed by atoms with Gasteiger partial charge < -0.3 is 5.32 Å². The average Bonchev–Trinajstić information content (AvgIpc) is 2.81. The van der Waals surface area contributed by atoms with Crippen LogP contribution in [0.3, 0.4) is 0 Å². The van der Waals surface area contributed by atoms with E-state index in [2.05, 4.69) is 16.4 Å². The standard InChI is InChI=1S/C12H13ClN2S/c1-14-11(12-7-15-8-16-12)6-9-4-2-3-5-10(9)13/h2-5,7-8,11,14H,6H2,1H3. The molecule has 0 aliphatic carbocycles. The Morgan fingerprint density at radius 3 is 2.88 bits per heavy atom. The van der Waals surface area contributed by atoms with Crippen LogP contribution >= 0.6 is 22.9 Å². The number of nitrogens with zero attached hydrogens (tertiary/aromatic N) is 1. The van der Waals surface area contributed by atoms with Gasteiger partial charge in [0.25, 0.3) is 0 Å². The summed E-state index contributed by atoms with van der Waals surface area (Å²) in [6.07, 6.45) is 2.79. The number of rotatable bonds is 4. The van der Waals surface area contributed by atoms with Gasteiger partial charge in [-0.2, -0.15) is 0 Å². The first-order valence-corrected chi connectivity index (χ1v) is 6.36. The Bertz CT molecular complexity index is 442. The third-order valence-electron chi connectivity index (χ3n) is 2.53. The number of thiazole rings is 1. The highest BCUT2D eigenvalue weighted by molar-refractivity contribution is 7.09. The zero-order valence-corrected chi connectivity index (χ0v) is 10.6. The maximum absolute atomic E-state index is 6.15. The fourth-order valence-electron chi connectivity index (χ4n) is 1.63. The number of benzene rings is 1. The average molecular weight is 253 g/mol. The van der Waals surface area contributed by atoms with E-state index >= 15 is 0 Å². The molecule has 0 bridgehead atoms. The van der Waals surface area contributed by atoms with Crippen molar-refractivity contribution >= 4 is 22.9 Å². The quantitative estimate of drug-likeness (QED) is 0.903. The van der Waals surface area contributed by atoms with E-state index in [1.54, 1.807) is 11.3 Å². The first-order valence-electron chi connectivity index (χ1n) is 5.10. The van der Waals surface area contributed by atoms with Gasteiger partial charge in [0.15, 0.2) is 0 Å². The second-order valence-electron chi connectivity index (χ2n) is 3.54. The van der Waals surface area contributed by atoms with Gasteiger partial charge in [0.2, 0.25) is 0 Å². The van der Waals surface area contributed by atoms with Crippen molar-refractivity contribution in [1.29, 1.82) is 0 Å². The van der Waals surface area contributed by atoms with Crippen LogP contribution in [0.5, 0.6) is 0 Å². The molecule has 1 N–H and O–H groups in total. The van der Waals surface area contributed by atoms with Gasteiger partial charge in [-0.25, -0.2) is 0 Å². The van der Waals surface area contributed by atoms with Gasteiger partial charge in [-0.05, 0) is 25.1 Å². The molecule has 0 aliphatic heterocycles. The van der Waals surface area contributed by atoms with Crippen LogP contribution in [-0.2, 0) is 6.42 Å². The predicted octanol–water partition coefficient (Wildman–Crippen LogP) is 3.30. The maximum Gasteiger partial charge on any atom is 0.0794 e. The van der Waals surface area contributed by atoms with Crippen LogP contribution < -0.4 is 5.32 Å². The van der Waals surface area contributed by atoms with Crippen LogP contribution in [0.4, 0.5) is 0 Å². The van der Waals surface area contributed by atoms with Crippen LogP contribution in [0.1, 0.15) is 16.5 Å².